The van der Waals surface area contributed by atoms with Gasteiger partial charge in [-0.2, -0.15) is 0 Å². The van der Waals surface area contributed by atoms with Crippen LogP contribution in [0.1, 0.15) is 33.2 Å². The molecular weight excluding hydrogens is 384 g/mol. The maximum atomic E-state index is 12.2. The molecule has 2 aromatic rings. The summed E-state index contributed by atoms with van der Waals surface area (Å²) in [5.41, 5.74) is 0.513. The highest BCUT2D eigenvalue weighted by atomic mass is 16.7. The van der Waals surface area contributed by atoms with Gasteiger partial charge in [-0.15, -0.1) is 0 Å². The molecular formula is C19H16N2O8. The number of fused-ring (bicyclic) bond motifs is 1. The number of carbonyl (C=O) groups excluding carboxylic acids is 3. The number of ether oxygens (including phenoxy) is 3. The molecule has 1 aliphatic heterocycles. The quantitative estimate of drug-likeness (QED) is 0.338. The summed E-state index contributed by atoms with van der Waals surface area (Å²) in [6.45, 7) is 2.23. The van der Waals surface area contributed by atoms with Gasteiger partial charge in [-0.1, -0.05) is 6.07 Å². The minimum Gasteiger partial charge on any atom is -0.454 e. The van der Waals surface area contributed by atoms with Crippen molar-refractivity contribution in [2.75, 3.05) is 18.7 Å². The fraction of sp³-hybridized carbons (Fsp3) is 0.211. The lowest BCUT2D eigenvalue weighted by Crippen LogP contribution is -2.22. The van der Waals surface area contributed by atoms with E-state index in [1.54, 1.807) is 6.92 Å². The number of rotatable bonds is 6. The zero-order valence-corrected chi connectivity index (χ0v) is 15.5. The van der Waals surface area contributed by atoms with E-state index in [0.717, 1.165) is 6.07 Å². The van der Waals surface area contributed by atoms with E-state index in [4.69, 9.17) is 14.2 Å². The molecule has 0 saturated carbocycles. The van der Waals surface area contributed by atoms with Gasteiger partial charge >= 0.3 is 5.97 Å². The van der Waals surface area contributed by atoms with E-state index < -0.39 is 23.4 Å². The molecule has 0 saturated heterocycles. The number of benzene rings is 2. The van der Waals surface area contributed by atoms with Crippen molar-refractivity contribution < 1.29 is 33.5 Å². The molecule has 10 heteroatoms. The number of ketones is 1. The second kappa shape index (κ2) is 7.97. The Morgan fingerprint density at radius 3 is 2.52 bits per heavy atom. The van der Waals surface area contributed by atoms with Gasteiger partial charge < -0.3 is 19.5 Å². The van der Waals surface area contributed by atoms with E-state index in [-0.39, 0.29) is 35.1 Å². The highest BCUT2D eigenvalue weighted by Crippen LogP contribution is 2.37. The van der Waals surface area contributed by atoms with E-state index >= 15 is 0 Å². The first kappa shape index (κ1) is 19.8. The molecule has 0 aliphatic carbocycles. The van der Waals surface area contributed by atoms with Crippen LogP contribution in [0.15, 0.2) is 30.3 Å². The molecule has 1 N–H and O–H groups in total. The molecule has 0 spiro atoms. The molecule has 1 heterocycles. The van der Waals surface area contributed by atoms with Crippen molar-refractivity contribution in [3.05, 3.63) is 57.1 Å². The average Bonchev–Trinajstić information content (AvgIpc) is 3.12. The number of hydrogen-bond donors (Lipinski definition) is 1. The van der Waals surface area contributed by atoms with Crippen LogP contribution >= 0.6 is 0 Å². The van der Waals surface area contributed by atoms with Crippen molar-refractivity contribution in [2.45, 2.75) is 13.8 Å². The molecule has 0 bridgehead atoms. The first-order chi connectivity index (χ1) is 13.8. The average molecular weight is 400 g/mol. The van der Waals surface area contributed by atoms with E-state index in [1.165, 1.54) is 31.2 Å². The normalized spacial score (nSPS) is 11.7. The molecule has 0 aromatic heterocycles. The highest BCUT2D eigenvalue weighted by molar-refractivity contribution is 6.05. The summed E-state index contributed by atoms with van der Waals surface area (Å²) in [5.74, 6) is -1.13. The SMILES string of the molecule is CC(=O)c1cc2c(cc1NC(=O)COC(=O)c1ccc(C)c([N+](=O)[O-])c1)OCO2. The van der Waals surface area contributed by atoms with Crippen molar-refractivity contribution in [3.8, 4) is 11.5 Å². The second-order valence-electron chi connectivity index (χ2n) is 6.19. The number of aryl methyl sites for hydroxylation is 1. The molecule has 2 aromatic carbocycles. The summed E-state index contributed by atoms with van der Waals surface area (Å²) < 4.78 is 15.3. The molecule has 0 radical (unpaired) electrons. The number of nitro benzene ring substituents is 1. The Bertz CT molecular complexity index is 1030. The van der Waals surface area contributed by atoms with Gasteiger partial charge in [0, 0.05) is 23.3 Å². The molecule has 3 rings (SSSR count). The Balaban J connectivity index is 1.68. The molecule has 0 unspecified atom stereocenters. The number of amides is 1. The Morgan fingerprint density at radius 2 is 1.86 bits per heavy atom. The van der Waals surface area contributed by atoms with Gasteiger partial charge in [-0.05, 0) is 26.0 Å². The van der Waals surface area contributed by atoms with Crippen LogP contribution in [-0.4, -0.2) is 36.0 Å². The minimum atomic E-state index is -0.888. The van der Waals surface area contributed by atoms with E-state index in [9.17, 15) is 24.5 Å². The van der Waals surface area contributed by atoms with Crippen LogP contribution < -0.4 is 14.8 Å². The van der Waals surface area contributed by atoms with Crippen LogP contribution in [-0.2, 0) is 9.53 Å². The monoisotopic (exact) mass is 400 g/mol. The Hall–Kier alpha value is -3.95. The predicted molar refractivity (Wildman–Crippen MR) is 99.3 cm³/mol. The third kappa shape index (κ3) is 4.32. The van der Waals surface area contributed by atoms with Gasteiger partial charge in [0.1, 0.15) is 0 Å². The summed E-state index contributed by atoms with van der Waals surface area (Å²) in [6, 6.07) is 6.77. The largest absolute Gasteiger partial charge is 0.454 e. The first-order valence-corrected chi connectivity index (χ1v) is 8.43. The highest BCUT2D eigenvalue weighted by Gasteiger charge is 2.21. The topological polar surface area (TPSA) is 134 Å². The number of anilines is 1. The number of carbonyl (C=O) groups is 3. The maximum absolute atomic E-state index is 12.2. The van der Waals surface area contributed by atoms with Gasteiger partial charge in [-0.3, -0.25) is 19.7 Å². The summed E-state index contributed by atoms with van der Waals surface area (Å²) in [6.07, 6.45) is 0. The van der Waals surface area contributed by atoms with Gasteiger partial charge in [-0.25, -0.2) is 4.79 Å². The second-order valence-corrected chi connectivity index (χ2v) is 6.19. The molecule has 0 atom stereocenters. The number of nitrogens with zero attached hydrogens (tertiary/aromatic N) is 1. The predicted octanol–water partition coefficient (Wildman–Crippen LogP) is 2.63. The lowest BCUT2D eigenvalue weighted by Gasteiger charge is -2.11. The van der Waals surface area contributed by atoms with E-state index in [1.807, 2.05) is 0 Å². The fourth-order valence-corrected chi connectivity index (χ4v) is 2.67. The number of nitro groups is 1. The zero-order chi connectivity index (χ0) is 21.1. The third-order valence-corrected chi connectivity index (χ3v) is 4.14. The Labute approximate surface area is 164 Å². The fourth-order valence-electron chi connectivity index (χ4n) is 2.67. The summed E-state index contributed by atoms with van der Waals surface area (Å²) >= 11 is 0. The molecule has 10 nitrogen and oxygen atoms in total. The maximum Gasteiger partial charge on any atom is 0.338 e. The third-order valence-electron chi connectivity index (χ3n) is 4.14. The van der Waals surface area contributed by atoms with Crippen molar-refractivity contribution in [1.29, 1.82) is 0 Å². The van der Waals surface area contributed by atoms with E-state index in [0.29, 0.717) is 17.1 Å². The lowest BCUT2D eigenvalue weighted by atomic mass is 10.1. The van der Waals surface area contributed by atoms with Gasteiger partial charge in [0.15, 0.2) is 23.9 Å². The summed E-state index contributed by atoms with van der Waals surface area (Å²) in [5, 5.41) is 13.5. The molecule has 1 amide bonds. The molecule has 29 heavy (non-hydrogen) atoms. The Morgan fingerprint density at radius 1 is 1.17 bits per heavy atom. The number of esters is 1. The number of Topliss-reactive ketones (excluding diaryl/α,β-unsaturated/α-hetero) is 1. The van der Waals surface area contributed by atoms with Crippen LogP contribution in [0.5, 0.6) is 11.5 Å². The molecule has 1 aliphatic rings. The van der Waals surface area contributed by atoms with Crippen molar-refractivity contribution in [3.63, 3.8) is 0 Å². The van der Waals surface area contributed by atoms with Crippen LogP contribution in [0.25, 0.3) is 0 Å². The van der Waals surface area contributed by atoms with Crippen LogP contribution in [0.2, 0.25) is 0 Å². The standard InChI is InChI=1S/C19H16N2O8/c1-10-3-4-12(5-15(10)21(25)26)19(24)27-8-18(23)20-14-7-17-16(28-9-29-17)6-13(14)11(2)22/h3-7H,8-9H2,1-2H3,(H,20,23). The van der Waals surface area contributed by atoms with Crippen LogP contribution in [0.4, 0.5) is 11.4 Å². The van der Waals surface area contributed by atoms with Crippen molar-refractivity contribution >= 4 is 29.0 Å². The van der Waals surface area contributed by atoms with Gasteiger partial charge in [0.05, 0.1) is 16.2 Å². The molecule has 0 fully saturated rings. The minimum absolute atomic E-state index is 0.00434. The van der Waals surface area contributed by atoms with Crippen molar-refractivity contribution in [2.24, 2.45) is 0 Å². The van der Waals surface area contributed by atoms with E-state index in [2.05, 4.69) is 5.32 Å². The molecule has 150 valence electrons. The van der Waals surface area contributed by atoms with Gasteiger partial charge in [0.25, 0.3) is 11.6 Å². The smallest absolute Gasteiger partial charge is 0.338 e. The summed E-state index contributed by atoms with van der Waals surface area (Å²) in [4.78, 5) is 46.5. The number of nitrogens with one attached hydrogen (secondary N) is 1. The van der Waals surface area contributed by atoms with Crippen LogP contribution in [0, 0.1) is 17.0 Å². The summed E-state index contributed by atoms with van der Waals surface area (Å²) in [7, 11) is 0. The zero-order valence-electron chi connectivity index (χ0n) is 15.5. The first-order valence-electron chi connectivity index (χ1n) is 8.43. The van der Waals surface area contributed by atoms with Crippen molar-refractivity contribution in [1.82, 2.24) is 0 Å². The number of hydrogen-bond acceptors (Lipinski definition) is 8. The van der Waals surface area contributed by atoms with Gasteiger partial charge in [0.2, 0.25) is 6.79 Å². The van der Waals surface area contributed by atoms with Crippen LogP contribution in [0.3, 0.4) is 0 Å². The Kier molecular flexibility index (Phi) is 5.44. The lowest BCUT2D eigenvalue weighted by molar-refractivity contribution is -0.385.